The van der Waals surface area contributed by atoms with Gasteiger partial charge in [0.25, 0.3) is 10.0 Å². The van der Waals surface area contributed by atoms with Gasteiger partial charge in [-0.2, -0.15) is 5.10 Å². The van der Waals surface area contributed by atoms with Gasteiger partial charge in [0.05, 0.1) is 6.61 Å². The minimum Gasteiger partial charge on any atom is -0.449 e. The SMILES string of the molecule is CCOC(=O)NS(=O)(=O)CNc1n[nH]c(C)c1-c1ccccc1. The summed E-state index contributed by atoms with van der Waals surface area (Å²) in [6, 6.07) is 9.44. The van der Waals surface area contributed by atoms with Crippen molar-refractivity contribution >= 4 is 21.9 Å². The van der Waals surface area contributed by atoms with Crippen LogP contribution in [0.5, 0.6) is 0 Å². The molecule has 0 saturated carbocycles. The summed E-state index contributed by atoms with van der Waals surface area (Å²) in [6.07, 6.45) is -1.00. The molecule has 23 heavy (non-hydrogen) atoms. The van der Waals surface area contributed by atoms with Crippen molar-refractivity contribution in [3.63, 3.8) is 0 Å². The largest absolute Gasteiger partial charge is 0.449 e. The van der Waals surface area contributed by atoms with E-state index in [2.05, 4.69) is 20.3 Å². The molecule has 0 spiro atoms. The lowest BCUT2D eigenvalue weighted by atomic mass is 10.1. The third-order valence-corrected chi connectivity index (χ3v) is 3.96. The van der Waals surface area contributed by atoms with Crippen molar-refractivity contribution < 1.29 is 17.9 Å². The average molecular weight is 338 g/mol. The molecule has 1 amide bonds. The van der Waals surface area contributed by atoms with Gasteiger partial charge in [-0.1, -0.05) is 30.3 Å². The van der Waals surface area contributed by atoms with Crippen LogP contribution >= 0.6 is 0 Å². The lowest BCUT2D eigenvalue weighted by Gasteiger charge is -2.09. The van der Waals surface area contributed by atoms with Crippen molar-refractivity contribution in [2.75, 3.05) is 17.8 Å². The maximum absolute atomic E-state index is 11.8. The molecule has 9 heteroatoms. The van der Waals surface area contributed by atoms with Crippen LogP contribution in [0.1, 0.15) is 12.6 Å². The standard InChI is InChI=1S/C14H18N4O4S/c1-3-22-14(19)18-23(20,21)9-15-13-12(10(2)16-17-13)11-7-5-4-6-8-11/h4-8H,3,9H2,1-2H3,(H,18,19)(H2,15,16,17). The second-order valence-corrected chi connectivity index (χ2v) is 6.42. The molecule has 0 atom stereocenters. The zero-order chi connectivity index (χ0) is 16.9. The normalized spacial score (nSPS) is 11.0. The van der Waals surface area contributed by atoms with E-state index in [0.29, 0.717) is 5.82 Å². The van der Waals surface area contributed by atoms with Gasteiger partial charge in [0.2, 0.25) is 0 Å². The lowest BCUT2D eigenvalue weighted by Crippen LogP contribution is -2.35. The molecule has 8 nitrogen and oxygen atoms in total. The number of H-pyrrole nitrogens is 1. The number of nitrogens with one attached hydrogen (secondary N) is 3. The lowest BCUT2D eigenvalue weighted by molar-refractivity contribution is 0.158. The van der Waals surface area contributed by atoms with Gasteiger partial charge in [-0.3, -0.25) is 5.10 Å². The summed E-state index contributed by atoms with van der Waals surface area (Å²) in [5.74, 6) is -0.112. The molecule has 1 aromatic carbocycles. The number of hydrogen-bond acceptors (Lipinski definition) is 6. The molecule has 1 heterocycles. The number of aromatic amines is 1. The highest BCUT2D eigenvalue weighted by atomic mass is 32.2. The molecule has 124 valence electrons. The van der Waals surface area contributed by atoms with Gasteiger partial charge in [-0.05, 0) is 19.4 Å². The van der Waals surface area contributed by atoms with Gasteiger partial charge in [-0.15, -0.1) is 0 Å². The molecule has 0 aliphatic rings. The highest BCUT2D eigenvalue weighted by Gasteiger charge is 2.18. The number of hydrogen-bond donors (Lipinski definition) is 3. The predicted molar refractivity (Wildman–Crippen MR) is 86.3 cm³/mol. The number of carbonyl (C=O) groups is 1. The highest BCUT2D eigenvalue weighted by molar-refractivity contribution is 7.90. The van der Waals surface area contributed by atoms with Gasteiger partial charge in [0.15, 0.2) is 5.82 Å². The molecular weight excluding hydrogens is 320 g/mol. The van der Waals surface area contributed by atoms with Crippen molar-refractivity contribution in [3.8, 4) is 11.1 Å². The Balaban J connectivity index is 2.12. The van der Waals surface area contributed by atoms with Crippen LogP contribution in [0.3, 0.4) is 0 Å². The van der Waals surface area contributed by atoms with Crippen LogP contribution < -0.4 is 10.0 Å². The van der Waals surface area contributed by atoms with E-state index >= 15 is 0 Å². The summed E-state index contributed by atoms with van der Waals surface area (Å²) in [5, 5.41) is 9.60. The van der Waals surface area contributed by atoms with Crippen LogP contribution in [0.4, 0.5) is 10.6 Å². The molecule has 0 radical (unpaired) electrons. The number of anilines is 1. The Morgan fingerprint density at radius 2 is 2.00 bits per heavy atom. The molecule has 2 rings (SSSR count). The Labute approximate surface area is 134 Å². The Morgan fingerprint density at radius 1 is 1.30 bits per heavy atom. The van der Waals surface area contributed by atoms with Crippen LogP contribution in [0.25, 0.3) is 11.1 Å². The van der Waals surface area contributed by atoms with E-state index in [1.807, 2.05) is 37.3 Å². The minimum atomic E-state index is -3.88. The molecule has 1 aromatic heterocycles. The van der Waals surface area contributed by atoms with Crippen LogP contribution in [0.15, 0.2) is 30.3 Å². The number of ether oxygens (including phenoxy) is 1. The smallest absolute Gasteiger partial charge is 0.420 e. The van der Waals surface area contributed by atoms with Crippen molar-refractivity contribution in [1.82, 2.24) is 14.9 Å². The van der Waals surface area contributed by atoms with Gasteiger partial charge in [-0.25, -0.2) is 17.9 Å². The molecule has 0 aliphatic carbocycles. The van der Waals surface area contributed by atoms with Gasteiger partial charge in [0, 0.05) is 11.3 Å². The van der Waals surface area contributed by atoms with Crippen molar-refractivity contribution in [3.05, 3.63) is 36.0 Å². The minimum absolute atomic E-state index is 0.0888. The number of aryl methyl sites for hydroxylation is 1. The average Bonchev–Trinajstić information content (AvgIpc) is 2.87. The fourth-order valence-electron chi connectivity index (χ4n) is 2.00. The van der Waals surface area contributed by atoms with E-state index in [1.54, 1.807) is 11.6 Å². The maximum Gasteiger partial charge on any atom is 0.420 e. The second-order valence-electron chi connectivity index (χ2n) is 4.70. The predicted octanol–water partition coefficient (Wildman–Crippen LogP) is 1.83. The number of rotatable bonds is 6. The Kier molecular flexibility index (Phi) is 5.22. The van der Waals surface area contributed by atoms with E-state index in [-0.39, 0.29) is 6.61 Å². The van der Waals surface area contributed by atoms with E-state index in [4.69, 9.17) is 0 Å². The second kappa shape index (κ2) is 7.14. The van der Waals surface area contributed by atoms with Gasteiger partial charge >= 0.3 is 6.09 Å². The summed E-state index contributed by atoms with van der Waals surface area (Å²) in [5.41, 5.74) is 2.48. The van der Waals surface area contributed by atoms with Crippen LogP contribution in [0.2, 0.25) is 0 Å². The monoisotopic (exact) mass is 338 g/mol. The topological polar surface area (TPSA) is 113 Å². The van der Waals surface area contributed by atoms with Crippen LogP contribution in [-0.4, -0.2) is 37.2 Å². The van der Waals surface area contributed by atoms with Crippen molar-refractivity contribution in [2.24, 2.45) is 0 Å². The van der Waals surface area contributed by atoms with E-state index in [9.17, 15) is 13.2 Å². The number of benzene rings is 1. The zero-order valence-corrected chi connectivity index (χ0v) is 13.6. The molecule has 3 N–H and O–H groups in total. The highest BCUT2D eigenvalue weighted by Crippen LogP contribution is 2.28. The quantitative estimate of drug-likeness (QED) is 0.740. The van der Waals surface area contributed by atoms with Gasteiger partial charge < -0.3 is 10.1 Å². The summed E-state index contributed by atoms with van der Waals surface area (Å²) in [4.78, 5) is 11.2. The number of carbonyl (C=O) groups excluding carboxylic acids is 1. The number of aromatic nitrogens is 2. The third-order valence-electron chi connectivity index (χ3n) is 2.95. The molecule has 0 bridgehead atoms. The molecule has 0 saturated heterocycles. The maximum atomic E-state index is 11.8. The summed E-state index contributed by atoms with van der Waals surface area (Å²) >= 11 is 0. The van der Waals surface area contributed by atoms with Crippen LogP contribution in [0, 0.1) is 6.92 Å². The Morgan fingerprint density at radius 3 is 2.65 bits per heavy atom. The first-order chi connectivity index (χ1) is 10.9. The van der Waals surface area contributed by atoms with Crippen molar-refractivity contribution in [2.45, 2.75) is 13.8 Å². The Bertz CT molecular complexity index is 771. The molecular formula is C14H18N4O4S. The van der Waals surface area contributed by atoms with Gasteiger partial charge in [0.1, 0.15) is 5.88 Å². The molecule has 0 fully saturated rings. The number of amides is 1. The third kappa shape index (κ3) is 4.46. The Hall–Kier alpha value is -2.55. The number of sulfonamides is 1. The summed E-state index contributed by atoms with van der Waals surface area (Å²) in [7, 11) is -3.88. The first-order valence-electron chi connectivity index (χ1n) is 6.94. The molecule has 2 aromatic rings. The summed E-state index contributed by atoms with van der Waals surface area (Å²) in [6.45, 7) is 3.51. The van der Waals surface area contributed by atoms with E-state index in [1.165, 1.54) is 0 Å². The van der Waals surface area contributed by atoms with Crippen molar-refractivity contribution in [1.29, 1.82) is 0 Å². The first kappa shape index (κ1) is 16.8. The number of nitrogens with zero attached hydrogens (tertiary/aromatic N) is 1. The fraction of sp³-hybridized carbons (Fsp3) is 0.286. The first-order valence-corrected chi connectivity index (χ1v) is 8.59. The van der Waals surface area contributed by atoms with E-state index < -0.39 is 22.0 Å². The molecule has 0 unspecified atom stereocenters. The van der Waals surface area contributed by atoms with Crippen LogP contribution in [-0.2, 0) is 14.8 Å². The zero-order valence-electron chi connectivity index (χ0n) is 12.8. The fourth-order valence-corrected chi connectivity index (χ4v) is 2.71. The van der Waals surface area contributed by atoms with E-state index in [0.717, 1.165) is 16.8 Å². The molecule has 0 aliphatic heterocycles. The summed E-state index contributed by atoms with van der Waals surface area (Å²) < 4.78 is 30.0.